The van der Waals surface area contributed by atoms with Gasteiger partial charge in [-0.2, -0.15) is 0 Å². The molecule has 2 nitrogen and oxygen atoms in total. The Hall–Kier alpha value is -0.840. The van der Waals surface area contributed by atoms with E-state index in [2.05, 4.69) is 70.8 Å². The number of benzene rings is 1. The standard InChI is InChI=1S/C17H22BrNOS/c1-3-9-19-17(14-11-16(18)21-12-14)13-5-7-15(8-6-13)20-10-4-2/h5-8,11-12,17,19H,3-4,9-10H2,1-2H3. The fourth-order valence-corrected chi connectivity index (χ4v) is 3.37. The quantitative estimate of drug-likeness (QED) is 0.675. The molecule has 114 valence electrons. The van der Waals surface area contributed by atoms with Gasteiger partial charge in [-0.05, 0) is 70.0 Å². The summed E-state index contributed by atoms with van der Waals surface area (Å²) in [6, 6.07) is 10.9. The van der Waals surface area contributed by atoms with Gasteiger partial charge in [0.05, 0.1) is 16.4 Å². The van der Waals surface area contributed by atoms with Gasteiger partial charge in [-0.25, -0.2) is 0 Å². The monoisotopic (exact) mass is 367 g/mol. The maximum Gasteiger partial charge on any atom is 0.119 e. The van der Waals surface area contributed by atoms with E-state index in [9.17, 15) is 0 Å². The molecule has 0 spiro atoms. The van der Waals surface area contributed by atoms with E-state index in [4.69, 9.17) is 4.74 Å². The van der Waals surface area contributed by atoms with E-state index >= 15 is 0 Å². The first kappa shape index (κ1) is 16.5. The minimum Gasteiger partial charge on any atom is -0.494 e. The smallest absolute Gasteiger partial charge is 0.119 e. The van der Waals surface area contributed by atoms with Crippen LogP contribution in [0.3, 0.4) is 0 Å². The molecule has 2 aromatic rings. The number of thiophene rings is 1. The Morgan fingerprint density at radius 1 is 1.14 bits per heavy atom. The number of nitrogens with one attached hydrogen (secondary N) is 1. The largest absolute Gasteiger partial charge is 0.494 e. The Morgan fingerprint density at radius 2 is 1.90 bits per heavy atom. The Balaban J connectivity index is 2.16. The Morgan fingerprint density at radius 3 is 2.48 bits per heavy atom. The average molecular weight is 368 g/mol. The topological polar surface area (TPSA) is 21.3 Å². The van der Waals surface area contributed by atoms with Crippen molar-refractivity contribution in [3.8, 4) is 5.75 Å². The number of hydrogen-bond donors (Lipinski definition) is 1. The molecule has 0 radical (unpaired) electrons. The van der Waals surface area contributed by atoms with E-state index in [1.165, 1.54) is 14.9 Å². The molecular weight excluding hydrogens is 346 g/mol. The predicted molar refractivity (Wildman–Crippen MR) is 94.4 cm³/mol. The zero-order chi connectivity index (χ0) is 15.1. The number of rotatable bonds is 8. The van der Waals surface area contributed by atoms with Crippen LogP contribution in [0, 0.1) is 0 Å². The SMILES string of the molecule is CCCNC(c1ccc(OCCC)cc1)c1csc(Br)c1. The summed E-state index contributed by atoms with van der Waals surface area (Å²) in [7, 11) is 0. The third kappa shape index (κ3) is 4.83. The van der Waals surface area contributed by atoms with E-state index in [1.54, 1.807) is 11.3 Å². The highest BCUT2D eigenvalue weighted by molar-refractivity contribution is 9.11. The maximum absolute atomic E-state index is 5.66. The second-order valence-corrected chi connectivity index (χ2v) is 7.28. The zero-order valence-electron chi connectivity index (χ0n) is 12.6. The van der Waals surface area contributed by atoms with Crippen LogP contribution in [-0.4, -0.2) is 13.2 Å². The summed E-state index contributed by atoms with van der Waals surface area (Å²) >= 11 is 5.28. The molecule has 1 aromatic carbocycles. The van der Waals surface area contributed by atoms with E-state index in [-0.39, 0.29) is 6.04 Å². The molecule has 1 aromatic heterocycles. The van der Waals surface area contributed by atoms with Crippen molar-refractivity contribution in [3.63, 3.8) is 0 Å². The normalized spacial score (nSPS) is 12.3. The number of hydrogen-bond acceptors (Lipinski definition) is 3. The van der Waals surface area contributed by atoms with Gasteiger partial charge < -0.3 is 10.1 Å². The first-order valence-electron chi connectivity index (χ1n) is 7.44. The van der Waals surface area contributed by atoms with Crippen molar-refractivity contribution in [2.24, 2.45) is 0 Å². The first-order valence-corrected chi connectivity index (χ1v) is 9.12. The minimum atomic E-state index is 0.243. The molecule has 21 heavy (non-hydrogen) atoms. The highest BCUT2D eigenvalue weighted by atomic mass is 79.9. The van der Waals surface area contributed by atoms with Crippen LogP contribution in [0.4, 0.5) is 0 Å². The molecule has 0 aliphatic heterocycles. The molecule has 4 heteroatoms. The van der Waals surface area contributed by atoms with Gasteiger partial charge in [0.15, 0.2) is 0 Å². The summed E-state index contributed by atoms with van der Waals surface area (Å²) in [4.78, 5) is 0. The summed E-state index contributed by atoms with van der Waals surface area (Å²) in [5, 5.41) is 5.83. The Labute approximate surface area is 139 Å². The van der Waals surface area contributed by atoms with Crippen LogP contribution in [0.25, 0.3) is 0 Å². The number of ether oxygens (including phenoxy) is 1. The fraction of sp³-hybridized carbons (Fsp3) is 0.412. The van der Waals surface area contributed by atoms with Crippen LogP contribution >= 0.6 is 27.3 Å². The molecule has 1 unspecified atom stereocenters. The molecule has 1 N–H and O–H groups in total. The van der Waals surface area contributed by atoms with Gasteiger partial charge in [-0.15, -0.1) is 11.3 Å². The van der Waals surface area contributed by atoms with Gasteiger partial charge in [0.2, 0.25) is 0 Å². The maximum atomic E-state index is 5.66. The second kappa shape index (κ2) is 8.57. The minimum absolute atomic E-state index is 0.243. The van der Waals surface area contributed by atoms with E-state index in [0.29, 0.717) is 0 Å². The van der Waals surface area contributed by atoms with Gasteiger partial charge in [0, 0.05) is 0 Å². The molecule has 1 atom stereocenters. The lowest BCUT2D eigenvalue weighted by atomic mass is 10.0. The third-order valence-electron chi connectivity index (χ3n) is 3.21. The third-order valence-corrected chi connectivity index (χ3v) is 4.73. The van der Waals surface area contributed by atoms with E-state index in [1.807, 2.05) is 0 Å². The second-order valence-electron chi connectivity index (χ2n) is 4.99. The molecule has 0 saturated carbocycles. The Kier molecular flexibility index (Phi) is 6.74. The van der Waals surface area contributed by atoms with Crippen molar-refractivity contribution < 1.29 is 4.74 Å². The lowest BCUT2D eigenvalue weighted by molar-refractivity contribution is 0.317. The van der Waals surface area contributed by atoms with Crippen molar-refractivity contribution in [1.82, 2.24) is 5.32 Å². The van der Waals surface area contributed by atoms with E-state index < -0.39 is 0 Å². The summed E-state index contributed by atoms with van der Waals surface area (Å²) in [6.45, 7) is 6.09. The zero-order valence-corrected chi connectivity index (χ0v) is 15.0. The van der Waals surface area contributed by atoms with Crippen LogP contribution < -0.4 is 10.1 Å². The van der Waals surface area contributed by atoms with Crippen LogP contribution in [-0.2, 0) is 0 Å². The van der Waals surface area contributed by atoms with Crippen LogP contribution in [0.15, 0.2) is 39.5 Å². The molecule has 0 bridgehead atoms. The lowest BCUT2D eigenvalue weighted by Gasteiger charge is -2.18. The van der Waals surface area contributed by atoms with Crippen molar-refractivity contribution in [3.05, 3.63) is 50.6 Å². The van der Waals surface area contributed by atoms with E-state index in [0.717, 1.165) is 31.7 Å². The highest BCUT2D eigenvalue weighted by Crippen LogP contribution is 2.30. The van der Waals surface area contributed by atoms with Crippen LogP contribution in [0.5, 0.6) is 5.75 Å². The molecule has 0 aliphatic carbocycles. The van der Waals surface area contributed by atoms with Crippen LogP contribution in [0.1, 0.15) is 43.9 Å². The van der Waals surface area contributed by atoms with Gasteiger partial charge in [-0.1, -0.05) is 26.0 Å². The van der Waals surface area contributed by atoms with Gasteiger partial charge in [-0.3, -0.25) is 0 Å². The predicted octanol–water partition coefficient (Wildman–Crippen LogP) is 5.39. The molecular formula is C17H22BrNOS. The van der Waals surface area contributed by atoms with Crippen molar-refractivity contribution in [1.29, 1.82) is 0 Å². The summed E-state index contributed by atoms with van der Waals surface area (Å²) < 4.78 is 6.83. The fourth-order valence-electron chi connectivity index (χ4n) is 2.17. The van der Waals surface area contributed by atoms with Gasteiger partial charge in [0.1, 0.15) is 5.75 Å². The van der Waals surface area contributed by atoms with Gasteiger partial charge >= 0.3 is 0 Å². The average Bonchev–Trinajstić information content (AvgIpc) is 2.93. The molecule has 0 fully saturated rings. The Bertz CT molecular complexity index is 538. The first-order chi connectivity index (χ1) is 10.2. The van der Waals surface area contributed by atoms with Crippen molar-refractivity contribution in [2.75, 3.05) is 13.2 Å². The summed E-state index contributed by atoms with van der Waals surface area (Å²) in [5.74, 6) is 0.946. The molecule has 0 amide bonds. The summed E-state index contributed by atoms with van der Waals surface area (Å²) in [6.07, 6.45) is 2.16. The molecule has 2 rings (SSSR count). The summed E-state index contributed by atoms with van der Waals surface area (Å²) in [5.41, 5.74) is 2.58. The lowest BCUT2D eigenvalue weighted by Crippen LogP contribution is -2.22. The van der Waals surface area contributed by atoms with Crippen LogP contribution in [0.2, 0.25) is 0 Å². The van der Waals surface area contributed by atoms with Crippen molar-refractivity contribution in [2.45, 2.75) is 32.7 Å². The molecule has 0 aliphatic rings. The van der Waals surface area contributed by atoms with Crippen molar-refractivity contribution >= 4 is 27.3 Å². The highest BCUT2D eigenvalue weighted by Gasteiger charge is 2.14. The molecule has 0 saturated heterocycles. The molecule has 1 heterocycles. The number of halogens is 1. The van der Waals surface area contributed by atoms with Gasteiger partial charge in [0.25, 0.3) is 0 Å².